The molecule has 0 saturated carbocycles. The van der Waals surface area contributed by atoms with Crippen molar-refractivity contribution in [2.24, 2.45) is 5.92 Å². The predicted octanol–water partition coefficient (Wildman–Crippen LogP) is -3.39. The molecule has 6 rings (SSSR count). The third-order valence-electron chi connectivity index (χ3n) is 11.8. The minimum Gasteiger partial charge on any atom is -0.460 e. The zero-order valence-corrected chi connectivity index (χ0v) is 39.3. The molecule has 1 aromatic carbocycles. The number of nitrogens with zero attached hydrogens (tertiary/aromatic N) is 4. The van der Waals surface area contributed by atoms with E-state index >= 15 is 0 Å². The van der Waals surface area contributed by atoms with Crippen molar-refractivity contribution in [3.05, 3.63) is 36.4 Å². The van der Waals surface area contributed by atoms with Gasteiger partial charge in [0.15, 0.2) is 17.7 Å². The number of carbonyl (C=O) groups is 6. The van der Waals surface area contributed by atoms with Gasteiger partial charge >= 0.3 is 6.09 Å². The maximum Gasteiger partial charge on any atom is 0.407 e. The van der Waals surface area contributed by atoms with Crippen molar-refractivity contribution in [3.63, 3.8) is 0 Å². The normalized spacial score (nSPS) is 27.9. The van der Waals surface area contributed by atoms with Crippen LogP contribution in [0.5, 0.6) is 5.75 Å². The molecule has 6 amide bonds. The summed E-state index contributed by atoms with van der Waals surface area (Å²) in [6.07, 6.45) is -12.3. The molecule has 3 aliphatic heterocycles. The number of benzene rings is 1. The van der Waals surface area contributed by atoms with Crippen molar-refractivity contribution in [2.45, 2.75) is 111 Å². The molecule has 5 heterocycles. The van der Waals surface area contributed by atoms with Gasteiger partial charge in [-0.05, 0) is 31.0 Å². The monoisotopic (exact) mass is 1090 g/mol. The molecule has 69 heavy (non-hydrogen) atoms. The molecule has 2 aromatic heterocycles. The van der Waals surface area contributed by atoms with Gasteiger partial charge in [-0.3, -0.25) is 28.9 Å². The largest absolute Gasteiger partial charge is 0.460 e. The van der Waals surface area contributed by atoms with Crippen LogP contribution in [0.2, 0.25) is 0 Å². The van der Waals surface area contributed by atoms with E-state index < -0.39 is 121 Å². The number of imidazole rings is 1. The highest BCUT2D eigenvalue weighted by Crippen LogP contribution is 2.39. The number of H-pyrrole nitrogens is 1. The number of ether oxygens (including phenoxy) is 4. The molecule has 0 aliphatic carbocycles. The summed E-state index contributed by atoms with van der Waals surface area (Å²) in [4.78, 5) is 93.0. The number of fused-ring (bicyclic) bond motifs is 1. The first kappa shape index (κ1) is 52.9. The van der Waals surface area contributed by atoms with Gasteiger partial charge < -0.3 is 86.3 Å². The van der Waals surface area contributed by atoms with E-state index in [1.165, 1.54) is 30.9 Å². The number of carbonyl (C=O) groups excluding carboxylic acids is 6. The second-order valence-electron chi connectivity index (χ2n) is 16.6. The molecule has 2 unspecified atom stereocenters. The lowest BCUT2D eigenvalue weighted by molar-refractivity contribution is -0.277. The highest BCUT2D eigenvalue weighted by Gasteiger charge is 2.48. The molecule has 0 bridgehead atoms. The number of aromatic amines is 1. The Balaban J connectivity index is 1.01. The second kappa shape index (κ2) is 23.4. The molecule has 27 nitrogen and oxygen atoms in total. The number of likely N-dealkylation sites (tertiary alicyclic amines) is 1. The van der Waals surface area contributed by atoms with Gasteiger partial charge in [-0.1, -0.05) is 35.6 Å². The Morgan fingerprint density at radius 2 is 1.67 bits per heavy atom. The lowest BCUT2D eigenvalue weighted by atomic mass is 9.90. The van der Waals surface area contributed by atoms with Crippen LogP contribution >= 0.6 is 22.6 Å². The molecule has 0 radical (unpaired) electrons. The summed E-state index contributed by atoms with van der Waals surface area (Å²) in [6, 6.07) is 2.68. The number of aliphatic hydroxyl groups excluding tert-OH is 7. The summed E-state index contributed by atoms with van der Waals surface area (Å²) in [5.74, 6) is -3.20. The van der Waals surface area contributed by atoms with Crippen molar-refractivity contribution in [3.8, 4) is 5.75 Å². The third kappa shape index (κ3) is 12.9. The van der Waals surface area contributed by atoms with Gasteiger partial charge in [-0.15, -0.1) is 0 Å². The fraction of sp³-hybridized carbons (Fsp3) is 0.585. The van der Waals surface area contributed by atoms with Crippen LogP contribution in [0.4, 0.5) is 16.3 Å². The van der Waals surface area contributed by atoms with E-state index in [1.54, 1.807) is 0 Å². The Bertz CT molecular complexity index is 2320. The van der Waals surface area contributed by atoms with E-state index in [-0.39, 0.29) is 67.0 Å². The SMILES string of the molecule is CCC(C)(I)C1CC(=O)N(CCC(=O)NCCC(=O)Nc2cc(COC(=O)NCC(=O)N[C@@H]3[C@@H](O)[C@H](O)[C@@H](Nc4ncnc5nc[nH]c45)O[C@H]3CO)ccc2O[C@H]2O[C@H](CO)[C@@H](O)[C@H](O)[C@@H]2O)C1=O. The highest BCUT2D eigenvalue weighted by atomic mass is 127. The van der Waals surface area contributed by atoms with Gasteiger partial charge in [0.25, 0.3) is 0 Å². The molecule has 3 saturated heterocycles. The van der Waals surface area contributed by atoms with Crippen molar-refractivity contribution < 1.29 is 83.5 Å². The number of hydrogen-bond donors (Lipinski definition) is 13. The van der Waals surface area contributed by atoms with Crippen LogP contribution in [0.1, 0.15) is 45.1 Å². The fourth-order valence-corrected chi connectivity index (χ4v) is 8.13. The van der Waals surface area contributed by atoms with Crippen LogP contribution < -0.4 is 31.3 Å². The van der Waals surface area contributed by atoms with Crippen LogP contribution in [-0.2, 0) is 44.8 Å². The molecule has 3 aliphatic rings. The zero-order chi connectivity index (χ0) is 50.2. The Kier molecular flexibility index (Phi) is 18.0. The summed E-state index contributed by atoms with van der Waals surface area (Å²) in [7, 11) is 0. The molecule has 12 atom stereocenters. The summed E-state index contributed by atoms with van der Waals surface area (Å²) in [5, 5.41) is 85.2. The Hall–Kier alpha value is -5.44. The minimum atomic E-state index is -1.81. The van der Waals surface area contributed by atoms with Gasteiger partial charge in [-0.25, -0.2) is 19.7 Å². The van der Waals surface area contributed by atoms with E-state index in [4.69, 9.17) is 18.9 Å². The number of aromatic nitrogens is 4. The topological polar surface area (TPSA) is 399 Å². The summed E-state index contributed by atoms with van der Waals surface area (Å²) in [6.45, 7) is 0.951. The third-order valence-corrected chi connectivity index (χ3v) is 13.3. The smallest absolute Gasteiger partial charge is 0.407 e. The lowest BCUT2D eigenvalue weighted by Crippen LogP contribution is -2.66. The predicted molar refractivity (Wildman–Crippen MR) is 242 cm³/mol. The first-order valence-corrected chi connectivity index (χ1v) is 22.9. The maximum atomic E-state index is 13.2. The molecule has 28 heteroatoms. The lowest BCUT2D eigenvalue weighted by Gasteiger charge is -2.42. The number of imide groups is 1. The van der Waals surface area contributed by atoms with Crippen LogP contribution in [0.15, 0.2) is 30.9 Å². The number of amides is 6. The number of rotatable bonds is 20. The molecule has 3 fully saturated rings. The summed E-state index contributed by atoms with van der Waals surface area (Å²) in [5.41, 5.74) is 0.869. The second-order valence-corrected chi connectivity index (χ2v) is 19.0. The van der Waals surface area contributed by atoms with Gasteiger partial charge in [0, 0.05) is 35.8 Å². The first-order valence-electron chi connectivity index (χ1n) is 21.8. The standard InChI is InChI=1S/C41H55IN10O17/c1-3-41(2,42)19-11-27(58)52(38(19)64)9-7-24(55)43-8-6-25(56)49-20-10-18(4-5-21(20)68-39-34(63)32(61)30(59)23(14-54)69-39)15-66-40(65)44-12-26(57)50-28-22(13-53)67-37(33(62)31(28)60)51-36-29-35(46-16-45-29)47-17-48-36/h4-5,10,16-17,19,22-23,28,30-34,37,39,53-54,59-63H,3,6-9,11-15H2,1-2H3,(H,43,55)(H,44,65)(H,49,56)(H,50,57)(H2,45,46,47,48,51)/t19?,22-,23+,28-,30+,31+,32-,33-,34-,37-,39-,41?/m0/s1. The van der Waals surface area contributed by atoms with E-state index in [1.807, 2.05) is 13.8 Å². The van der Waals surface area contributed by atoms with E-state index in [0.717, 1.165) is 4.90 Å². The van der Waals surface area contributed by atoms with Crippen molar-refractivity contribution in [2.75, 3.05) is 43.5 Å². The Labute approximate surface area is 406 Å². The Morgan fingerprint density at radius 3 is 2.39 bits per heavy atom. The number of nitrogens with one attached hydrogen (secondary N) is 6. The van der Waals surface area contributed by atoms with Crippen molar-refractivity contribution in [1.29, 1.82) is 0 Å². The van der Waals surface area contributed by atoms with Gasteiger partial charge in [0.05, 0.1) is 37.2 Å². The summed E-state index contributed by atoms with van der Waals surface area (Å²) < 4.78 is 21.8. The molecular formula is C41H55IN10O17. The number of hydrogen-bond acceptors (Lipinski definition) is 21. The number of halogens is 1. The van der Waals surface area contributed by atoms with Crippen LogP contribution in [0, 0.1) is 5.92 Å². The van der Waals surface area contributed by atoms with E-state index in [0.29, 0.717) is 17.6 Å². The van der Waals surface area contributed by atoms with Crippen molar-refractivity contribution >= 4 is 80.9 Å². The number of aliphatic hydroxyl groups is 7. The average molecular weight is 1090 g/mol. The highest BCUT2D eigenvalue weighted by molar-refractivity contribution is 14.1. The first-order chi connectivity index (χ1) is 32.8. The van der Waals surface area contributed by atoms with Gasteiger partial charge in [0.2, 0.25) is 35.8 Å². The zero-order valence-electron chi connectivity index (χ0n) is 37.2. The number of alkyl carbamates (subject to hydrolysis) is 1. The number of anilines is 2. The maximum absolute atomic E-state index is 13.2. The molecule has 0 spiro atoms. The van der Waals surface area contributed by atoms with Crippen LogP contribution in [-0.4, -0.2) is 194 Å². The number of alkyl halides is 1. The minimum absolute atomic E-state index is 0.0586. The van der Waals surface area contributed by atoms with Crippen molar-refractivity contribution in [1.82, 2.24) is 40.8 Å². The van der Waals surface area contributed by atoms with E-state index in [9.17, 15) is 64.5 Å². The summed E-state index contributed by atoms with van der Waals surface area (Å²) >= 11 is 2.17. The quantitative estimate of drug-likeness (QED) is 0.0298. The van der Waals surface area contributed by atoms with Crippen LogP contribution in [0.25, 0.3) is 11.2 Å². The van der Waals surface area contributed by atoms with E-state index in [2.05, 4.69) is 69.1 Å². The van der Waals surface area contributed by atoms with Gasteiger partial charge in [0.1, 0.15) is 73.5 Å². The fourth-order valence-electron chi connectivity index (χ4n) is 7.64. The molecule has 378 valence electrons. The molecule has 13 N–H and O–H groups in total. The molecular weight excluding hydrogens is 1030 g/mol. The Morgan fingerprint density at radius 1 is 0.913 bits per heavy atom. The molecule has 3 aromatic rings. The van der Waals surface area contributed by atoms with Crippen LogP contribution in [0.3, 0.4) is 0 Å². The van der Waals surface area contributed by atoms with Gasteiger partial charge in [-0.2, -0.15) is 0 Å². The average Bonchev–Trinajstić information content (AvgIpc) is 3.94.